The number of ether oxygens (including phenoxy) is 1. The van der Waals surface area contributed by atoms with Crippen LogP contribution in [0.15, 0.2) is 82.4 Å². The van der Waals surface area contributed by atoms with E-state index < -0.39 is 0 Å². The fourth-order valence-electron chi connectivity index (χ4n) is 2.40. The molecule has 0 heterocycles. The molecule has 0 aliphatic carbocycles. The van der Waals surface area contributed by atoms with Crippen LogP contribution in [0.5, 0.6) is 5.75 Å². The van der Waals surface area contributed by atoms with E-state index in [4.69, 9.17) is 16.3 Å². The topological polar surface area (TPSA) is 50.7 Å². The summed E-state index contributed by atoms with van der Waals surface area (Å²) in [5.74, 6) is 0.410. The summed E-state index contributed by atoms with van der Waals surface area (Å²) in [6, 6.07) is 22.1. The molecular formula is C22H18BrClN2O2. The summed E-state index contributed by atoms with van der Waals surface area (Å²) in [6.45, 7) is 2.28. The number of amides is 1. The highest BCUT2D eigenvalue weighted by molar-refractivity contribution is 9.10. The number of halogens is 2. The Balaban J connectivity index is 1.56. The lowest BCUT2D eigenvalue weighted by Gasteiger charge is -2.07. The van der Waals surface area contributed by atoms with Crippen molar-refractivity contribution in [1.82, 2.24) is 5.43 Å². The minimum Gasteiger partial charge on any atom is -0.489 e. The Bertz CT molecular complexity index is 969. The van der Waals surface area contributed by atoms with Crippen molar-refractivity contribution in [2.75, 3.05) is 0 Å². The molecule has 0 spiro atoms. The second-order valence-electron chi connectivity index (χ2n) is 6.08. The van der Waals surface area contributed by atoms with Crippen molar-refractivity contribution in [3.05, 3.63) is 99.0 Å². The zero-order valence-corrected chi connectivity index (χ0v) is 17.5. The van der Waals surface area contributed by atoms with Gasteiger partial charge in [0.2, 0.25) is 0 Å². The van der Waals surface area contributed by atoms with Gasteiger partial charge in [-0.1, -0.05) is 51.8 Å². The second-order valence-corrected chi connectivity index (χ2v) is 7.44. The van der Waals surface area contributed by atoms with E-state index >= 15 is 0 Å². The number of hydrogen-bond donors (Lipinski definition) is 1. The predicted molar refractivity (Wildman–Crippen MR) is 116 cm³/mol. The minimum absolute atomic E-state index is 0.284. The number of nitrogens with one attached hydrogen (secondary N) is 1. The minimum atomic E-state index is -0.284. The summed E-state index contributed by atoms with van der Waals surface area (Å²) in [4.78, 5) is 12.3. The number of hydrogen-bond acceptors (Lipinski definition) is 3. The number of nitrogens with zero attached hydrogens (tertiary/aromatic N) is 1. The first-order chi connectivity index (χ1) is 13.5. The standard InChI is InChI=1S/C22H18BrClN2O2/c1-15(17-4-10-20(24)11-5-17)25-26-22(27)18-6-12-21(13-7-18)28-14-16-2-8-19(23)9-3-16/h2-13H,14H2,1H3,(H,26,27)/b25-15+. The number of hydrazone groups is 1. The Kier molecular flexibility index (Phi) is 6.85. The Morgan fingerprint density at radius 3 is 2.21 bits per heavy atom. The number of benzene rings is 3. The van der Waals surface area contributed by atoms with Gasteiger partial charge in [0.15, 0.2) is 0 Å². The van der Waals surface area contributed by atoms with E-state index in [0.29, 0.717) is 28.7 Å². The molecule has 0 bridgehead atoms. The number of rotatable bonds is 6. The molecule has 6 heteroatoms. The summed E-state index contributed by atoms with van der Waals surface area (Å²) in [6.07, 6.45) is 0. The molecule has 0 aliphatic rings. The monoisotopic (exact) mass is 456 g/mol. The molecule has 0 saturated carbocycles. The molecule has 0 atom stereocenters. The molecule has 0 saturated heterocycles. The zero-order valence-electron chi connectivity index (χ0n) is 15.2. The molecule has 0 aromatic heterocycles. The third kappa shape index (κ3) is 5.68. The molecule has 28 heavy (non-hydrogen) atoms. The number of carbonyl (C=O) groups is 1. The highest BCUT2D eigenvalue weighted by Crippen LogP contribution is 2.16. The highest BCUT2D eigenvalue weighted by Gasteiger charge is 2.06. The average molecular weight is 458 g/mol. The van der Waals surface area contributed by atoms with Gasteiger partial charge in [0, 0.05) is 15.1 Å². The summed E-state index contributed by atoms with van der Waals surface area (Å²) < 4.78 is 6.78. The van der Waals surface area contributed by atoms with Gasteiger partial charge in [-0.2, -0.15) is 5.10 Å². The van der Waals surface area contributed by atoms with Crippen molar-refractivity contribution in [3.63, 3.8) is 0 Å². The number of carbonyl (C=O) groups excluding carboxylic acids is 1. The van der Waals surface area contributed by atoms with Crippen LogP contribution >= 0.6 is 27.5 Å². The molecule has 1 N–H and O–H groups in total. The Morgan fingerprint density at radius 1 is 0.964 bits per heavy atom. The van der Waals surface area contributed by atoms with Crippen LogP contribution in [0.25, 0.3) is 0 Å². The van der Waals surface area contributed by atoms with E-state index in [0.717, 1.165) is 15.6 Å². The van der Waals surface area contributed by atoms with Crippen molar-refractivity contribution >= 4 is 39.1 Å². The zero-order chi connectivity index (χ0) is 19.9. The molecule has 0 radical (unpaired) electrons. The summed E-state index contributed by atoms with van der Waals surface area (Å²) >= 11 is 9.29. The molecule has 3 rings (SSSR count). The molecule has 0 fully saturated rings. The van der Waals surface area contributed by atoms with Gasteiger partial charge in [-0.25, -0.2) is 5.43 Å². The Morgan fingerprint density at radius 2 is 1.57 bits per heavy atom. The van der Waals surface area contributed by atoms with Gasteiger partial charge in [-0.05, 0) is 66.6 Å². The van der Waals surface area contributed by atoms with Crippen LogP contribution in [0.1, 0.15) is 28.4 Å². The summed E-state index contributed by atoms with van der Waals surface area (Å²) in [7, 11) is 0. The van der Waals surface area contributed by atoms with E-state index in [2.05, 4.69) is 26.5 Å². The normalized spacial score (nSPS) is 11.2. The van der Waals surface area contributed by atoms with Crippen LogP contribution in [0.3, 0.4) is 0 Å². The third-order valence-electron chi connectivity index (χ3n) is 4.02. The SMILES string of the molecule is C/C(=N\NC(=O)c1ccc(OCc2ccc(Br)cc2)cc1)c1ccc(Cl)cc1. The molecule has 1 amide bonds. The molecule has 3 aromatic rings. The molecule has 4 nitrogen and oxygen atoms in total. The Labute approximate surface area is 177 Å². The first kappa shape index (κ1) is 20.1. The molecule has 3 aromatic carbocycles. The van der Waals surface area contributed by atoms with Crippen molar-refractivity contribution in [1.29, 1.82) is 0 Å². The van der Waals surface area contributed by atoms with E-state index in [9.17, 15) is 4.79 Å². The van der Waals surface area contributed by atoms with Gasteiger partial charge >= 0.3 is 0 Å². The average Bonchev–Trinajstić information content (AvgIpc) is 2.72. The maximum atomic E-state index is 12.3. The van der Waals surface area contributed by atoms with E-state index in [-0.39, 0.29) is 5.91 Å². The quantitative estimate of drug-likeness (QED) is 0.374. The molecular weight excluding hydrogens is 440 g/mol. The Hall–Kier alpha value is -2.63. The van der Waals surface area contributed by atoms with Crippen molar-refractivity contribution in [2.45, 2.75) is 13.5 Å². The largest absolute Gasteiger partial charge is 0.489 e. The van der Waals surface area contributed by atoms with E-state index in [1.165, 1.54) is 0 Å². The van der Waals surface area contributed by atoms with Crippen LogP contribution in [-0.2, 0) is 6.61 Å². The summed E-state index contributed by atoms with van der Waals surface area (Å²) in [5, 5.41) is 4.80. The van der Waals surface area contributed by atoms with Gasteiger partial charge in [-0.15, -0.1) is 0 Å². The van der Waals surface area contributed by atoms with Gasteiger partial charge in [0.05, 0.1) is 5.71 Å². The van der Waals surface area contributed by atoms with Gasteiger partial charge in [-0.3, -0.25) is 4.79 Å². The predicted octanol–water partition coefficient (Wildman–Crippen LogP) is 5.84. The van der Waals surface area contributed by atoms with E-state index in [1.807, 2.05) is 43.3 Å². The fraction of sp³-hybridized carbons (Fsp3) is 0.0909. The summed E-state index contributed by atoms with van der Waals surface area (Å²) in [5.41, 5.74) is 5.72. The van der Waals surface area contributed by atoms with Crippen molar-refractivity contribution < 1.29 is 9.53 Å². The van der Waals surface area contributed by atoms with Crippen LogP contribution in [0.4, 0.5) is 0 Å². The van der Waals surface area contributed by atoms with Gasteiger partial charge < -0.3 is 4.74 Å². The second kappa shape index (κ2) is 9.53. The first-order valence-electron chi connectivity index (χ1n) is 8.59. The van der Waals surface area contributed by atoms with Crippen LogP contribution < -0.4 is 10.2 Å². The lowest BCUT2D eigenvalue weighted by molar-refractivity contribution is 0.0955. The lowest BCUT2D eigenvalue weighted by Crippen LogP contribution is -2.19. The third-order valence-corrected chi connectivity index (χ3v) is 4.80. The maximum Gasteiger partial charge on any atom is 0.271 e. The lowest BCUT2D eigenvalue weighted by atomic mass is 10.1. The van der Waals surface area contributed by atoms with Gasteiger partial charge in [0.25, 0.3) is 5.91 Å². The van der Waals surface area contributed by atoms with E-state index in [1.54, 1.807) is 36.4 Å². The van der Waals surface area contributed by atoms with Crippen LogP contribution in [0, 0.1) is 0 Å². The van der Waals surface area contributed by atoms with Crippen LogP contribution in [0.2, 0.25) is 5.02 Å². The molecule has 0 unspecified atom stereocenters. The molecule has 0 aliphatic heterocycles. The first-order valence-corrected chi connectivity index (χ1v) is 9.76. The fourth-order valence-corrected chi connectivity index (χ4v) is 2.79. The molecule has 142 valence electrons. The van der Waals surface area contributed by atoms with Crippen molar-refractivity contribution in [3.8, 4) is 5.75 Å². The smallest absolute Gasteiger partial charge is 0.271 e. The highest BCUT2D eigenvalue weighted by atomic mass is 79.9. The van der Waals surface area contributed by atoms with Gasteiger partial charge in [0.1, 0.15) is 12.4 Å². The maximum absolute atomic E-state index is 12.3. The van der Waals surface area contributed by atoms with Crippen LogP contribution in [-0.4, -0.2) is 11.6 Å². The van der Waals surface area contributed by atoms with Crippen molar-refractivity contribution in [2.24, 2.45) is 5.10 Å².